The quantitative estimate of drug-likeness (QED) is 0.835. The third-order valence-electron chi connectivity index (χ3n) is 3.67. The maximum Gasteiger partial charge on any atom is 0.410 e. The number of nitrogens with zero attached hydrogens (tertiary/aromatic N) is 4. The molecule has 1 saturated heterocycles. The molecule has 3 rings (SSSR count). The number of rotatable bonds is 2. The molecule has 0 spiro atoms. The van der Waals surface area contributed by atoms with Crippen molar-refractivity contribution in [3.63, 3.8) is 0 Å². The number of thiazole rings is 1. The first-order valence-electron chi connectivity index (χ1n) is 8.01. The van der Waals surface area contributed by atoms with Gasteiger partial charge in [-0.1, -0.05) is 0 Å². The Morgan fingerprint density at radius 3 is 2.46 bits per heavy atom. The van der Waals surface area contributed by atoms with Gasteiger partial charge in [0.2, 0.25) is 0 Å². The Balaban J connectivity index is 1.59. The predicted molar refractivity (Wildman–Crippen MR) is 95.4 cm³/mol. The Labute approximate surface area is 146 Å². The van der Waals surface area contributed by atoms with Crippen LogP contribution >= 0.6 is 11.3 Å². The van der Waals surface area contributed by atoms with Crippen molar-refractivity contribution in [1.29, 1.82) is 0 Å². The number of ether oxygens (including phenoxy) is 1. The predicted octanol–water partition coefficient (Wildman–Crippen LogP) is 3.26. The highest BCUT2D eigenvalue weighted by Crippen LogP contribution is 2.27. The van der Waals surface area contributed by atoms with E-state index in [0.29, 0.717) is 13.1 Å². The lowest BCUT2D eigenvalue weighted by molar-refractivity contribution is 0.0240. The molecule has 0 N–H and O–H groups in total. The Hall–Kier alpha value is -2.15. The van der Waals surface area contributed by atoms with Crippen LogP contribution in [-0.4, -0.2) is 52.7 Å². The smallest absolute Gasteiger partial charge is 0.410 e. The van der Waals surface area contributed by atoms with Gasteiger partial charge >= 0.3 is 6.09 Å². The molecule has 1 aliphatic heterocycles. The molecule has 7 heteroatoms. The van der Waals surface area contributed by atoms with Gasteiger partial charge in [0.15, 0.2) is 5.13 Å². The van der Waals surface area contributed by atoms with E-state index in [1.54, 1.807) is 28.6 Å². The standard InChI is InChI=1S/C17H22N4O2S/c1-17(2,3)23-16(22)21-10-8-20(9-11-21)15-19-14(12-24-15)13-4-6-18-7-5-13/h4-7,12H,8-11H2,1-3H3. The molecule has 0 aromatic carbocycles. The van der Waals surface area contributed by atoms with E-state index in [1.807, 2.05) is 32.9 Å². The van der Waals surface area contributed by atoms with Crippen LogP contribution in [0.3, 0.4) is 0 Å². The van der Waals surface area contributed by atoms with Crippen LogP contribution in [0.5, 0.6) is 0 Å². The van der Waals surface area contributed by atoms with E-state index in [-0.39, 0.29) is 6.09 Å². The lowest BCUT2D eigenvalue weighted by Gasteiger charge is -2.35. The molecule has 6 nitrogen and oxygen atoms in total. The summed E-state index contributed by atoms with van der Waals surface area (Å²) in [4.78, 5) is 24.8. The normalized spacial score (nSPS) is 15.5. The summed E-state index contributed by atoms with van der Waals surface area (Å²) in [5.41, 5.74) is 1.58. The molecule has 2 aromatic rings. The van der Waals surface area contributed by atoms with Crippen LogP contribution in [0.25, 0.3) is 11.3 Å². The van der Waals surface area contributed by atoms with Crippen molar-refractivity contribution in [2.45, 2.75) is 26.4 Å². The van der Waals surface area contributed by atoms with Crippen LogP contribution in [0.15, 0.2) is 29.9 Å². The Morgan fingerprint density at radius 2 is 1.83 bits per heavy atom. The number of carbonyl (C=O) groups excluding carboxylic acids is 1. The highest BCUT2D eigenvalue weighted by molar-refractivity contribution is 7.14. The highest BCUT2D eigenvalue weighted by atomic mass is 32.1. The highest BCUT2D eigenvalue weighted by Gasteiger charge is 2.26. The van der Waals surface area contributed by atoms with Crippen LogP contribution < -0.4 is 4.90 Å². The summed E-state index contributed by atoms with van der Waals surface area (Å²) < 4.78 is 5.43. The SMILES string of the molecule is CC(C)(C)OC(=O)N1CCN(c2nc(-c3ccncc3)cs2)CC1. The van der Waals surface area contributed by atoms with Gasteiger partial charge < -0.3 is 14.5 Å². The van der Waals surface area contributed by atoms with Crippen LogP contribution in [0, 0.1) is 0 Å². The van der Waals surface area contributed by atoms with Gasteiger partial charge in [-0.2, -0.15) is 0 Å². The number of piperazine rings is 1. The van der Waals surface area contributed by atoms with Gasteiger partial charge in [-0.15, -0.1) is 11.3 Å². The summed E-state index contributed by atoms with van der Waals surface area (Å²) in [5, 5.41) is 3.05. The van der Waals surface area contributed by atoms with Crippen LogP contribution in [0.1, 0.15) is 20.8 Å². The summed E-state index contributed by atoms with van der Waals surface area (Å²) in [6.45, 7) is 8.50. The average molecular weight is 346 g/mol. The molecule has 0 radical (unpaired) electrons. The van der Waals surface area contributed by atoms with Gasteiger partial charge in [0.05, 0.1) is 5.69 Å². The number of carbonyl (C=O) groups is 1. The van der Waals surface area contributed by atoms with E-state index >= 15 is 0 Å². The van der Waals surface area contributed by atoms with Crippen molar-refractivity contribution >= 4 is 22.6 Å². The molecule has 128 valence electrons. The zero-order chi connectivity index (χ0) is 17.2. The maximum atomic E-state index is 12.1. The number of hydrogen-bond acceptors (Lipinski definition) is 6. The first-order valence-corrected chi connectivity index (χ1v) is 8.89. The Kier molecular flexibility index (Phi) is 4.71. The van der Waals surface area contributed by atoms with E-state index < -0.39 is 5.60 Å². The molecule has 24 heavy (non-hydrogen) atoms. The Bertz CT molecular complexity index is 688. The van der Waals surface area contributed by atoms with Crippen molar-refractivity contribution in [3.8, 4) is 11.3 Å². The van der Waals surface area contributed by atoms with E-state index in [0.717, 1.165) is 29.5 Å². The molecular weight excluding hydrogens is 324 g/mol. The van der Waals surface area contributed by atoms with E-state index in [1.165, 1.54) is 0 Å². The second-order valence-corrected chi connectivity index (χ2v) is 7.54. The first-order chi connectivity index (χ1) is 11.4. The lowest BCUT2D eigenvalue weighted by Crippen LogP contribution is -2.50. The minimum atomic E-state index is -0.455. The van der Waals surface area contributed by atoms with Crippen molar-refractivity contribution < 1.29 is 9.53 Å². The summed E-state index contributed by atoms with van der Waals surface area (Å²) >= 11 is 1.63. The molecule has 0 saturated carbocycles. The zero-order valence-corrected chi connectivity index (χ0v) is 15.0. The summed E-state index contributed by atoms with van der Waals surface area (Å²) in [5.74, 6) is 0. The Morgan fingerprint density at radius 1 is 1.17 bits per heavy atom. The van der Waals surface area contributed by atoms with Crippen molar-refractivity contribution in [2.24, 2.45) is 0 Å². The second-order valence-electron chi connectivity index (χ2n) is 6.71. The fourth-order valence-electron chi connectivity index (χ4n) is 2.47. The van der Waals surface area contributed by atoms with Gasteiger partial charge in [0.25, 0.3) is 0 Å². The van der Waals surface area contributed by atoms with Gasteiger partial charge in [0, 0.05) is 49.5 Å². The van der Waals surface area contributed by atoms with Gasteiger partial charge in [-0.3, -0.25) is 4.98 Å². The van der Waals surface area contributed by atoms with Crippen molar-refractivity contribution in [2.75, 3.05) is 31.1 Å². The molecule has 1 fully saturated rings. The first kappa shape index (κ1) is 16.7. The molecule has 0 aliphatic carbocycles. The molecule has 1 amide bonds. The summed E-state index contributed by atoms with van der Waals surface area (Å²) in [6, 6.07) is 3.92. The zero-order valence-electron chi connectivity index (χ0n) is 14.2. The van der Waals surface area contributed by atoms with Crippen LogP contribution in [0.2, 0.25) is 0 Å². The van der Waals surface area contributed by atoms with Gasteiger partial charge in [0.1, 0.15) is 5.60 Å². The summed E-state index contributed by atoms with van der Waals surface area (Å²) in [6.07, 6.45) is 3.31. The van der Waals surface area contributed by atoms with E-state index in [4.69, 9.17) is 9.72 Å². The molecule has 0 bridgehead atoms. The minimum Gasteiger partial charge on any atom is -0.444 e. The molecule has 1 aliphatic rings. The van der Waals surface area contributed by atoms with Gasteiger partial charge in [-0.05, 0) is 32.9 Å². The number of hydrogen-bond donors (Lipinski definition) is 0. The topological polar surface area (TPSA) is 58.6 Å². The van der Waals surface area contributed by atoms with Crippen molar-refractivity contribution in [1.82, 2.24) is 14.9 Å². The van der Waals surface area contributed by atoms with Crippen molar-refractivity contribution in [3.05, 3.63) is 29.9 Å². The average Bonchev–Trinajstić information content (AvgIpc) is 3.04. The third kappa shape index (κ3) is 4.03. The van der Waals surface area contributed by atoms with Crippen LogP contribution in [0.4, 0.5) is 9.93 Å². The fourth-order valence-corrected chi connectivity index (χ4v) is 3.36. The molecule has 0 atom stereocenters. The maximum absolute atomic E-state index is 12.1. The number of aromatic nitrogens is 2. The van der Waals surface area contributed by atoms with E-state index in [9.17, 15) is 4.79 Å². The molecule has 2 aromatic heterocycles. The number of anilines is 1. The largest absolute Gasteiger partial charge is 0.444 e. The summed E-state index contributed by atoms with van der Waals surface area (Å²) in [7, 11) is 0. The number of amides is 1. The van der Waals surface area contributed by atoms with Crippen LogP contribution in [-0.2, 0) is 4.74 Å². The lowest BCUT2D eigenvalue weighted by atomic mass is 10.2. The van der Waals surface area contributed by atoms with Gasteiger partial charge in [-0.25, -0.2) is 9.78 Å². The second kappa shape index (κ2) is 6.76. The fraction of sp³-hybridized carbons (Fsp3) is 0.471. The monoisotopic (exact) mass is 346 g/mol. The molecule has 3 heterocycles. The minimum absolute atomic E-state index is 0.237. The number of pyridine rings is 1. The molecule has 0 unspecified atom stereocenters. The molecular formula is C17H22N4O2S. The van der Waals surface area contributed by atoms with E-state index in [2.05, 4.69) is 15.3 Å². The third-order valence-corrected chi connectivity index (χ3v) is 4.57.